The van der Waals surface area contributed by atoms with Crippen LogP contribution in [0.2, 0.25) is 0 Å². The first-order valence-electron chi connectivity index (χ1n) is 13.5. The summed E-state index contributed by atoms with van der Waals surface area (Å²) in [7, 11) is 0. The van der Waals surface area contributed by atoms with E-state index in [1.807, 2.05) is 5.06 Å². The number of piperidine rings is 1. The van der Waals surface area contributed by atoms with E-state index in [0.717, 1.165) is 64.4 Å². The highest BCUT2D eigenvalue weighted by molar-refractivity contribution is 5.69. The predicted molar refractivity (Wildman–Crippen MR) is 133 cm³/mol. The molecule has 6 nitrogen and oxygen atoms in total. The van der Waals surface area contributed by atoms with Crippen molar-refractivity contribution < 1.29 is 24.3 Å². The molecule has 0 aromatic rings. The second kappa shape index (κ2) is 15.7. The van der Waals surface area contributed by atoms with E-state index in [2.05, 4.69) is 34.6 Å². The molecule has 0 saturated carbocycles. The zero-order valence-corrected chi connectivity index (χ0v) is 22.1. The van der Waals surface area contributed by atoms with Crippen LogP contribution in [-0.2, 0) is 19.2 Å². The fraction of sp³-hybridized carbons (Fsp3) is 0.926. The molecule has 1 fully saturated rings. The molecule has 1 aliphatic rings. The Bertz CT molecular complexity index is 561. The summed E-state index contributed by atoms with van der Waals surface area (Å²) in [6.45, 7) is 11.6. The van der Waals surface area contributed by atoms with E-state index in [4.69, 9.17) is 14.7 Å². The maximum absolute atomic E-state index is 12.6. The molecule has 1 atom stereocenters. The van der Waals surface area contributed by atoms with Gasteiger partial charge in [-0.1, -0.05) is 64.7 Å². The third-order valence-corrected chi connectivity index (χ3v) is 6.91. The Kier molecular flexibility index (Phi) is 14.2. The zero-order chi connectivity index (χ0) is 24.7. The van der Waals surface area contributed by atoms with E-state index >= 15 is 0 Å². The molecule has 0 aliphatic carbocycles. The molecular weight excluding hydrogens is 418 g/mol. The topological polar surface area (TPSA) is 76.1 Å². The predicted octanol–water partition coefficient (Wildman–Crippen LogP) is 7.05. The normalized spacial score (nSPS) is 20.0. The number of hydroxylamine groups is 2. The van der Waals surface area contributed by atoms with Gasteiger partial charge in [-0.05, 0) is 59.8 Å². The molecule has 33 heavy (non-hydrogen) atoms. The standard InChI is InChI=1S/C27H51NO5/c1-6-7-8-9-14-17-22-32-23-20-21-26(2,3)28(27(23,4)5)33-25(31)19-16-13-11-10-12-15-18-24(29)30/h23H,6-22H2,1-5H3,(H,29,30). The van der Waals surface area contributed by atoms with Gasteiger partial charge in [-0.2, -0.15) is 0 Å². The fourth-order valence-corrected chi connectivity index (χ4v) is 4.89. The van der Waals surface area contributed by atoms with Gasteiger partial charge in [0.05, 0.1) is 17.2 Å². The zero-order valence-electron chi connectivity index (χ0n) is 22.1. The van der Waals surface area contributed by atoms with Crippen LogP contribution in [0, 0.1) is 0 Å². The fourth-order valence-electron chi connectivity index (χ4n) is 4.89. The van der Waals surface area contributed by atoms with Crippen molar-refractivity contribution in [3.8, 4) is 0 Å². The van der Waals surface area contributed by atoms with Crippen LogP contribution in [-0.4, -0.2) is 45.9 Å². The molecule has 0 aromatic heterocycles. The molecular formula is C27H51NO5. The molecule has 0 radical (unpaired) electrons. The lowest BCUT2D eigenvalue weighted by molar-refractivity contribution is -0.290. The minimum Gasteiger partial charge on any atom is -0.481 e. The maximum Gasteiger partial charge on any atom is 0.325 e. The number of unbranched alkanes of at least 4 members (excludes halogenated alkanes) is 10. The summed E-state index contributed by atoms with van der Waals surface area (Å²) in [4.78, 5) is 29.1. The number of hydrogen-bond acceptors (Lipinski definition) is 5. The summed E-state index contributed by atoms with van der Waals surface area (Å²) < 4.78 is 6.30. The van der Waals surface area contributed by atoms with Gasteiger partial charge in [-0.15, -0.1) is 5.06 Å². The van der Waals surface area contributed by atoms with Crippen molar-refractivity contribution in [1.82, 2.24) is 5.06 Å². The van der Waals surface area contributed by atoms with E-state index < -0.39 is 5.97 Å². The number of carbonyl (C=O) groups is 2. The molecule has 194 valence electrons. The minimum absolute atomic E-state index is 0.0553. The highest BCUT2D eigenvalue weighted by Crippen LogP contribution is 2.40. The smallest absolute Gasteiger partial charge is 0.325 e. The number of carbonyl (C=O) groups excluding carboxylic acids is 1. The molecule has 1 aliphatic heterocycles. The van der Waals surface area contributed by atoms with Crippen LogP contribution in [0.5, 0.6) is 0 Å². The second-order valence-corrected chi connectivity index (χ2v) is 10.9. The van der Waals surface area contributed by atoms with Crippen LogP contribution >= 0.6 is 0 Å². The average Bonchev–Trinajstić information content (AvgIpc) is 2.73. The number of rotatable bonds is 18. The van der Waals surface area contributed by atoms with Gasteiger partial charge >= 0.3 is 11.9 Å². The Morgan fingerprint density at radius 1 is 0.848 bits per heavy atom. The highest BCUT2D eigenvalue weighted by atomic mass is 16.7. The summed E-state index contributed by atoms with van der Waals surface area (Å²) in [5.74, 6) is -0.894. The van der Waals surface area contributed by atoms with Crippen LogP contribution in [0.4, 0.5) is 0 Å². The number of carboxylic acid groups (broad SMARTS) is 1. The summed E-state index contributed by atoms with van der Waals surface area (Å²) in [6, 6.07) is 0. The maximum atomic E-state index is 12.6. The number of ether oxygens (including phenoxy) is 1. The molecule has 0 bridgehead atoms. The van der Waals surface area contributed by atoms with Crippen LogP contribution < -0.4 is 0 Å². The summed E-state index contributed by atoms with van der Waals surface area (Å²) in [6.07, 6.45) is 15.6. The average molecular weight is 470 g/mol. The number of aliphatic carboxylic acids is 1. The van der Waals surface area contributed by atoms with Gasteiger partial charge in [0.2, 0.25) is 0 Å². The monoisotopic (exact) mass is 469 g/mol. The molecule has 0 spiro atoms. The van der Waals surface area contributed by atoms with Gasteiger partial charge in [0.25, 0.3) is 0 Å². The molecule has 1 unspecified atom stereocenters. The molecule has 1 N–H and O–H groups in total. The van der Waals surface area contributed by atoms with Crippen molar-refractivity contribution in [3.05, 3.63) is 0 Å². The first kappa shape index (κ1) is 29.9. The SMILES string of the molecule is CCCCCCCCOC1CCC(C)(C)N(OC(=O)CCCCCCCCC(=O)O)C1(C)C. The lowest BCUT2D eigenvalue weighted by Gasteiger charge is -2.53. The van der Waals surface area contributed by atoms with E-state index in [1.54, 1.807) is 0 Å². The number of carboxylic acids is 1. The van der Waals surface area contributed by atoms with E-state index in [9.17, 15) is 9.59 Å². The summed E-state index contributed by atoms with van der Waals surface area (Å²) in [5, 5.41) is 10.6. The van der Waals surface area contributed by atoms with Gasteiger partial charge in [-0.3, -0.25) is 9.59 Å². The van der Waals surface area contributed by atoms with Gasteiger partial charge in [0.1, 0.15) is 0 Å². The lowest BCUT2D eigenvalue weighted by atomic mass is 9.80. The van der Waals surface area contributed by atoms with Gasteiger partial charge in [-0.25, -0.2) is 0 Å². The Morgan fingerprint density at radius 3 is 2.00 bits per heavy atom. The molecule has 0 amide bonds. The van der Waals surface area contributed by atoms with Crippen molar-refractivity contribution in [1.29, 1.82) is 0 Å². The molecule has 1 saturated heterocycles. The van der Waals surface area contributed by atoms with Crippen LogP contribution in [0.1, 0.15) is 137 Å². The summed E-state index contributed by atoms with van der Waals surface area (Å²) in [5.41, 5.74) is -0.590. The van der Waals surface area contributed by atoms with Crippen LogP contribution in [0.15, 0.2) is 0 Å². The minimum atomic E-state index is -0.726. The third kappa shape index (κ3) is 11.7. The molecule has 0 aromatic carbocycles. The summed E-state index contributed by atoms with van der Waals surface area (Å²) >= 11 is 0. The first-order valence-corrected chi connectivity index (χ1v) is 13.5. The van der Waals surface area contributed by atoms with Crippen LogP contribution in [0.25, 0.3) is 0 Å². The third-order valence-electron chi connectivity index (χ3n) is 6.91. The van der Waals surface area contributed by atoms with Crippen molar-refractivity contribution in [2.75, 3.05) is 6.61 Å². The molecule has 6 heteroatoms. The number of hydrogen-bond donors (Lipinski definition) is 1. The first-order chi connectivity index (χ1) is 15.6. The highest BCUT2D eigenvalue weighted by Gasteiger charge is 2.50. The Labute approximate surface area is 202 Å². The largest absolute Gasteiger partial charge is 0.481 e. The Morgan fingerprint density at radius 2 is 1.39 bits per heavy atom. The van der Waals surface area contributed by atoms with Gasteiger partial charge < -0.3 is 14.7 Å². The van der Waals surface area contributed by atoms with Crippen molar-refractivity contribution >= 4 is 11.9 Å². The quantitative estimate of drug-likeness (QED) is 0.217. The van der Waals surface area contributed by atoms with Crippen molar-refractivity contribution in [2.45, 2.75) is 155 Å². The Hall–Kier alpha value is -1.14. The lowest BCUT2D eigenvalue weighted by Crippen LogP contribution is -2.65. The Balaban J connectivity index is 2.38. The molecule has 1 heterocycles. The van der Waals surface area contributed by atoms with Crippen molar-refractivity contribution in [2.24, 2.45) is 0 Å². The van der Waals surface area contributed by atoms with Crippen LogP contribution in [0.3, 0.4) is 0 Å². The number of nitrogens with zero attached hydrogens (tertiary/aromatic N) is 1. The molecule has 1 rings (SSSR count). The van der Waals surface area contributed by atoms with E-state index in [0.29, 0.717) is 6.42 Å². The van der Waals surface area contributed by atoms with Crippen molar-refractivity contribution in [3.63, 3.8) is 0 Å². The van der Waals surface area contributed by atoms with E-state index in [1.165, 1.54) is 32.1 Å². The van der Waals surface area contributed by atoms with Gasteiger partial charge in [0, 0.05) is 19.4 Å². The van der Waals surface area contributed by atoms with Gasteiger partial charge in [0.15, 0.2) is 0 Å². The van der Waals surface area contributed by atoms with E-state index in [-0.39, 0.29) is 29.6 Å². The second-order valence-electron chi connectivity index (χ2n) is 10.9.